The van der Waals surface area contributed by atoms with Crippen molar-refractivity contribution in [1.29, 1.82) is 0 Å². The number of carboxylic acid groups (broad SMARTS) is 1. The first-order valence-corrected chi connectivity index (χ1v) is 6.96. The molecule has 20 heavy (non-hydrogen) atoms. The minimum absolute atomic E-state index is 0.0928. The predicted octanol–water partition coefficient (Wildman–Crippen LogP) is 2.30. The fraction of sp³-hybridized carbons (Fsp3) is 0.286. The first-order valence-electron chi connectivity index (χ1n) is 6.17. The maximum absolute atomic E-state index is 11.9. The number of nitrogens with zero attached hydrogens (tertiary/aromatic N) is 1. The molecule has 0 unspecified atom stereocenters. The highest BCUT2D eigenvalue weighted by Crippen LogP contribution is 2.30. The standard InChI is InChI=1S/C14H15BrN2O3/c1-8(14(19)20)16-12(18)7-17-9(2)13(15)10-5-3-4-6-11(10)17/h3-6,8H,7H2,1-2H3,(H,16,18)(H,19,20)/t8-/m0/s1. The van der Waals surface area contributed by atoms with Gasteiger partial charge in [0.15, 0.2) is 0 Å². The van der Waals surface area contributed by atoms with Crippen molar-refractivity contribution in [2.75, 3.05) is 0 Å². The van der Waals surface area contributed by atoms with Crippen LogP contribution in [0.4, 0.5) is 0 Å². The van der Waals surface area contributed by atoms with Gasteiger partial charge in [0.25, 0.3) is 0 Å². The second-order valence-corrected chi connectivity index (χ2v) is 5.42. The van der Waals surface area contributed by atoms with Gasteiger partial charge in [0.1, 0.15) is 12.6 Å². The normalized spacial score (nSPS) is 12.3. The molecule has 1 heterocycles. The van der Waals surface area contributed by atoms with E-state index in [2.05, 4.69) is 21.2 Å². The number of rotatable bonds is 4. The molecule has 0 aliphatic heterocycles. The molecule has 1 atom stereocenters. The van der Waals surface area contributed by atoms with Crippen molar-refractivity contribution >= 4 is 38.7 Å². The van der Waals surface area contributed by atoms with Crippen LogP contribution in [-0.2, 0) is 16.1 Å². The van der Waals surface area contributed by atoms with Gasteiger partial charge in [-0.05, 0) is 35.8 Å². The highest BCUT2D eigenvalue weighted by atomic mass is 79.9. The summed E-state index contributed by atoms with van der Waals surface area (Å²) in [6.07, 6.45) is 0. The zero-order valence-electron chi connectivity index (χ0n) is 11.2. The van der Waals surface area contributed by atoms with Gasteiger partial charge in [-0.25, -0.2) is 0 Å². The zero-order chi connectivity index (χ0) is 14.9. The summed E-state index contributed by atoms with van der Waals surface area (Å²) in [6, 6.07) is 6.85. The summed E-state index contributed by atoms with van der Waals surface area (Å²) < 4.78 is 2.82. The highest BCUT2D eigenvalue weighted by Gasteiger charge is 2.17. The van der Waals surface area contributed by atoms with Gasteiger partial charge in [-0.3, -0.25) is 9.59 Å². The van der Waals surface area contributed by atoms with E-state index in [4.69, 9.17) is 5.11 Å². The summed E-state index contributed by atoms with van der Waals surface area (Å²) in [5.41, 5.74) is 1.87. The summed E-state index contributed by atoms with van der Waals surface area (Å²) in [7, 11) is 0. The van der Waals surface area contributed by atoms with Gasteiger partial charge in [0.2, 0.25) is 5.91 Å². The third kappa shape index (κ3) is 2.70. The SMILES string of the molecule is Cc1c(Br)c2ccccc2n1CC(=O)N[C@@H](C)C(=O)O. The first kappa shape index (κ1) is 14.6. The third-order valence-corrected chi connectivity index (χ3v) is 4.20. The number of hydrogen-bond acceptors (Lipinski definition) is 2. The number of para-hydroxylation sites is 1. The lowest BCUT2D eigenvalue weighted by Crippen LogP contribution is -2.40. The van der Waals surface area contributed by atoms with E-state index < -0.39 is 12.0 Å². The van der Waals surface area contributed by atoms with Crippen molar-refractivity contribution in [3.8, 4) is 0 Å². The number of aromatic nitrogens is 1. The summed E-state index contributed by atoms with van der Waals surface area (Å²) in [5, 5.41) is 12.3. The molecule has 0 bridgehead atoms. The fourth-order valence-electron chi connectivity index (χ4n) is 2.08. The largest absolute Gasteiger partial charge is 0.480 e. The molecule has 0 spiro atoms. The molecule has 6 heteroatoms. The highest BCUT2D eigenvalue weighted by molar-refractivity contribution is 9.10. The van der Waals surface area contributed by atoms with Crippen molar-refractivity contribution in [3.63, 3.8) is 0 Å². The molecule has 5 nitrogen and oxygen atoms in total. The van der Waals surface area contributed by atoms with E-state index in [0.29, 0.717) is 0 Å². The number of amides is 1. The number of carbonyl (C=O) groups excluding carboxylic acids is 1. The molecular weight excluding hydrogens is 324 g/mol. The second-order valence-electron chi connectivity index (χ2n) is 4.63. The number of hydrogen-bond donors (Lipinski definition) is 2. The van der Waals surface area contributed by atoms with Crippen LogP contribution in [0.15, 0.2) is 28.7 Å². The Labute approximate surface area is 124 Å². The monoisotopic (exact) mass is 338 g/mol. The molecular formula is C14H15BrN2O3. The van der Waals surface area contributed by atoms with Crippen LogP contribution in [0, 0.1) is 6.92 Å². The van der Waals surface area contributed by atoms with Gasteiger partial charge in [0, 0.05) is 21.1 Å². The number of aliphatic carboxylic acids is 1. The number of benzene rings is 1. The van der Waals surface area contributed by atoms with Crippen LogP contribution < -0.4 is 5.32 Å². The van der Waals surface area contributed by atoms with E-state index in [1.165, 1.54) is 6.92 Å². The van der Waals surface area contributed by atoms with Crippen molar-refractivity contribution in [3.05, 3.63) is 34.4 Å². The second kappa shape index (κ2) is 5.66. The van der Waals surface area contributed by atoms with Gasteiger partial charge in [-0.15, -0.1) is 0 Å². The van der Waals surface area contributed by atoms with Crippen LogP contribution in [0.5, 0.6) is 0 Å². The zero-order valence-corrected chi connectivity index (χ0v) is 12.8. The van der Waals surface area contributed by atoms with Crippen molar-refractivity contribution in [1.82, 2.24) is 9.88 Å². The smallest absolute Gasteiger partial charge is 0.325 e. The van der Waals surface area contributed by atoms with Crippen LogP contribution in [0.25, 0.3) is 10.9 Å². The summed E-state index contributed by atoms with van der Waals surface area (Å²) in [4.78, 5) is 22.7. The van der Waals surface area contributed by atoms with Crippen LogP contribution in [0.3, 0.4) is 0 Å². The van der Waals surface area contributed by atoms with E-state index in [9.17, 15) is 9.59 Å². The lowest BCUT2D eigenvalue weighted by Gasteiger charge is -2.12. The molecule has 0 radical (unpaired) electrons. The van der Waals surface area contributed by atoms with Gasteiger partial charge in [-0.2, -0.15) is 0 Å². The van der Waals surface area contributed by atoms with E-state index in [-0.39, 0.29) is 12.5 Å². The van der Waals surface area contributed by atoms with Crippen LogP contribution in [0.2, 0.25) is 0 Å². The molecule has 0 saturated heterocycles. The number of nitrogens with one attached hydrogen (secondary N) is 1. The summed E-state index contributed by atoms with van der Waals surface area (Å²) in [5.74, 6) is -1.37. The number of carbonyl (C=O) groups is 2. The van der Waals surface area contributed by atoms with Crippen molar-refractivity contribution in [2.24, 2.45) is 0 Å². The van der Waals surface area contributed by atoms with E-state index in [1.54, 1.807) is 0 Å². The minimum atomic E-state index is -1.05. The summed E-state index contributed by atoms with van der Waals surface area (Å²) in [6.45, 7) is 3.45. The van der Waals surface area contributed by atoms with Crippen LogP contribution >= 0.6 is 15.9 Å². The summed E-state index contributed by atoms with van der Waals surface area (Å²) >= 11 is 3.52. The van der Waals surface area contributed by atoms with Gasteiger partial charge in [0.05, 0.1) is 0 Å². The molecule has 1 aromatic heterocycles. The van der Waals surface area contributed by atoms with Crippen molar-refractivity contribution < 1.29 is 14.7 Å². The average Bonchev–Trinajstić information content (AvgIpc) is 2.64. The average molecular weight is 339 g/mol. The van der Waals surface area contributed by atoms with E-state index in [0.717, 1.165) is 21.1 Å². The molecule has 2 aromatic rings. The Morgan fingerprint density at radius 3 is 2.70 bits per heavy atom. The minimum Gasteiger partial charge on any atom is -0.480 e. The fourth-order valence-corrected chi connectivity index (χ4v) is 2.63. The van der Waals surface area contributed by atoms with Gasteiger partial charge >= 0.3 is 5.97 Å². The lowest BCUT2D eigenvalue weighted by atomic mass is 10.2. The van der Waals surface area contributed by atoms with E-state index in [1.807, 2.05) is 35.8 Å². The van der Waals surface area contributed by atoms with Crippen LogP contribution in [0.1, 0.15) is 12.6 Å². The number of halogens is 1. The maximum atomic E-state index is 11.9. The molecule has 106 valence electrons. The third-order valence-electron chi connectivity index (χ3n) is 3.20. The molecule has 0 aliphatic rings. The van der Waals surface area contributed by atoms with E-state index >= 15 is 0 Å². The van der Waals surface area contributed by atoms with Crippen molar-refractivity contribution in [2.45, 2.75) is 26.4 Å². The Hall–Kier alpha value is -1.82. The molecule has 2 rings (SSSR count). The number of carboxylic acids is 1. The molecule has 1 amide bonds. The quantitative estimate of drug-likeness (QED) is 0.898. The maximum Gasteiger partial charge on any atom is 0.325 e. The Morgan fingerprint density at radius 1 is 1.40 bits per heavy atom. The molecule has 0 saturated carbocycles. The predicted molar refractivity (Wildman–Crippen MR) is 79.6 cm³/mol. The Kier molecular flexibility index (Phi) is 4.13. The van der Waals surface area contributed by atoms with Crippen LogP contribution in [-0.4, -0.2) is 27.6 Å². The molecule has 2 N–H and O–H groups in total. The Balaban J connectivity index is 2.28. The van der Waals surface area contributed by atoms with Gasteiger partial charge < -0.3 is 15.0 Å². The Bertz CT molecular complexity index is 678. The molecule has 0 fully saturated rings. The first-order chi connectivity index (χ1) is 9.41. The number of fused-ring (bicyclic) bond motifs is 1. The van der Waals surface area contributed by atoms with Gasteiger partial charge in [-0.1, -0.05) is 18.2 Å². The molecule has 0 aliphatic carbocycles. The lowest BCUT2D eigenvalue weighted by molar-refractivity contribution is -0.141. The molecule has 1 aromatic carbocycles. The Morgan fingerprint density at radius 2 is 2.05 bits per heavy atom. The topological polar surface area (TPSA) is 71.3 Å².